The highest BCUT2D eigenvalue weighted by Crippen LogP contribution is 2.22. The van der Waals surface area contributed by atoms with Crippen LogP contribution in [0.15, 0.2) is 57.9 Å². The molecule has 1 atom stereocenters. The number of pyridine rings is 2. The summed E-state index contributed by atoms with van der Waals surface area (Å²) in [6.07, 6.45) is 2.29. The first-order valence-electron chi connectivity index (χ1n) is 8.30. The molecular weight excluding hydrogens is 398 g/mol. The third-order valence-electron chi connectivity index (χ3n) is 4.40. The molecule has 1 aliphatic rings. The van der Waals surface area contributed by atoms with Crippen LogP contribution in [0, 0.1) is 0 Å². The number of hydrogen-bond donors (Lipinski definition) is 1. The second kappa shape index (κ2) is 6.92. The molecule has 0 spiro atoms. The number of halogens is 1. The predicted octanol–water partition coefficient (Wildman–Crippen LogP) is 2.98. The number of fused-ring (bicyclic) bond motifs is 1. The van der Waals surface area contributed by atoms with Crippen LogP contribution in [-0.2, 0) is 0 Å². The van der Waals surface area contributed by atoms with Crippen LogP contribution in [0.1, 0.15) is 16.8 Å². The Bertz CT molecular complexity index is 1020. The van der Waals surface area contributed by atoms with Crippen LogP contribution < -0.4 is 10.3 Å². The molecule has 1 aliphatic heterocycles. The van der Waals surface area contributed by atoms with E-state index in [0.29, 0.717) is 30.0 Å². The Hall–Kier alpha value is -2.67. The summed E-state index contributed by atoms with van der Waals surface area (Å²) in [5.41, 5.74) is 0.805. The predicted molar refractivity (Wildman–Crippen MR) is 101 cm³/mol. The van der Waals surface area contributed by atoms with Gasteiger partial charge in [0.2, 0.25) is 11.4 Å². The fraction of sp³-hybridized carbons (Fsp3) is 0.211. The van der Waals surface area contributed by atoms with Crippen molar-refractivity contribution < 1.29 is 9.53 Å². The van der Waals surface area contributed by atoms with Gasteiger partial charge in [0.15, 0.2) is 0 Å². The summed E-state index contributed by atoms with van der Waals surface area (Å²) >= 11 is 3.34. The third kappa shape index (κ3) is 3.35. The van der Waals surface area contributed by atoms with Gasteiger partial charge in [0.05, 0.1) is 12.1 Å². The lowest BCUT2D eigenvalue weighted by Gasteiger charge is -2.18. The number of benzene rings is 1. The van der Waals surface area contributed by atoms with Gasteiger partial charge in [-0.2, -0.15) is 0 Å². The molecule has 1 aromatic carbocycles. The number of ether oxygens (including phenoxy) is 1. The van der Waals surface area contributed by atoms with Crippen molar-refractivity contribution in [2.24, 2.45) is 0 Å². The van der Waals surface area contributed by atoms with Crippen molar-refractivity contribution in [1.29, 1.82) is 0 Å². The number of nitrogens with zero attached hydrogens (tertiary/aromatic N) is 2. The van der Waals surface area contributed by atoms with E-state index in [1.807, 2.05) is 24.3 Å². The first-order chi connectivity index (χ1) is 12.6. The normalized spacial score (nSPS) is 16.8. The molecule has 4 rings (SSSR count). The first-order valence-corrected chi connectivity index (χ1v) is 9.09. The SMILES string of the molecule is O=C(c1cc(=O)[nH]c2ccccc12)N1CCC(Oc2ccc(Br)cn2)C1. The van der Waals surface area contributed by atoms with Crippen LogP contribution >= 0.6 is 15.9 Å². The fourth-order valence-corrected chi connectivity index (χ4v) is 3.40. The highest BCUT2D eigenvalue weighted by atomic mass is 79.9. The molecule has 3 heterocycles. The van der Waals surface area contributed by atoms with Gasteiger partial charge in [0.25, 0.3) is 5.91 Å². The van der Waals surface area contributed by atoms with Gasteiger partial charge in [-0.3, -0.25) is 9.59 Å². The van der Waals surface area contributed by atoms with Gasteiger partial charge in [0, 0.05) is 46.7 Å². The minimum absolute atomic E-state index is 0.110. The Morgan fingerprint density at radius 1 is 1.27 bits per heavy atom. The number of likely N-dealkylation sites (tertiary alicyclic amines) is 1. The summed E-state index contributed by atoms with van der Waals surface area (Å²) in [5.74, 6) is 0.385. The number of amides is 1. The Balaban J connectivity index is 1.53. The highest BCUT2D eigenvalue weighted by molar-refractivity contribution is 9.10. The van der Waals surface area contributed by atoms with Crippen LogP contribution in [0.2, 0.25) is 0 Å². The van der Waals surface area contributed by atoms with Crippen molar-refractivity contribution in [2.45, 2.75) is 12.5 Å². The first kappa shape index (κ1) is 16.8. The molecule has 1 fully saturated rings. The van der Waals surface area contributed by atoms with Crippen LogP contribution in [0.4, 0.5) is 0 Å². The molecule has 0 aliphatic carbocycles. The molecule has 1 N–H and O–H groups in total. The average molecular weight is 414 g/mol. The smallest absolute Gasteiger partial charge is 0.254 e. The van der Waals surface area contributed by atoms with Crippen molar-refractivity contribution in [3.8, 4) is 5.88 Å². The van der Waals surface area contributed by atoms with E-state index in [-0.39, 0.29) is 17.6 Å². The molecule has 1 saturated heterocycles. The van der Waals surface area contributed by atoms with E-state index in [1.165, 1.54) is 6.07 Å². The quantitative estimate of drug-likeness (QED) is 0.715. The largest absolute Gasteiger partial charge is 0.472 e. The number of carbonyl (C=O) groups excluding carboxylic acids is 1. The summed E-state index contributed by atoms with van der Waals surface area (Å²) < 4.78 is 6.75. The van der Waals surface area contributed by atoms with Crippen molar-refractivity contribution in [2.75, 3.05) is 13.1 Å². The summed E-state index contributed by atoms with van der Waals surface area (Å²) in [6.45, 7) is 1.05. The topological polar surface area (TPSA) is 75.3 Å². The van der Waals surface area contributed by atoms with Gasteiger partial charge in [-0.1, -0.05) is 18.2 Å². The minimum atomic E-state index is -0.280. The van der Waals surface area contributed by atoms with Gasteiger partial charge in [0.1, 0.15) is 6.10 Å². The zero-order chi connectivity index (χ0) is 18.1. The van der Waals surface area contributed by atoms with Gasteiger partial charge in [-0.15, -0.1) is 0 Å². The van der Waals surface area contributed by atoms with E-state index in [0.717, 1.165) is 16.3 Å². The van der Waals surface area contributed by atoms with Crippen molar-refractivity contribution in [3.63, 3.8) is 0 Å². The number of nitrogens with one attached hydrogen (secondary N) is 1. The average Bonchev–Trinajstić information content (AvgIpc) is 3.11. The Kier molecular flexibility index (Phi) is 4.46. The van der Waals surface area contributed by atoms with Crippen molar-refractivity contribution >= 4 is 32.7 Å². The lowest BCUT2D eigenvalue weighted by atomic mass is 10.1. The number of carbonyl (C=O) groups is 1. The maximum atomic E-state index is 13.0. The third-order valence-corrected chi connectivity index (χ3v) is 4.87. The molecule has 6 nitrogen and oxygen atoms in total. The lowest BCUT2D eigenvalue weighted by Crippen LogP contribution is -2.32. The molecule has 0 radical (unpaired) electrons. The molecule has 7 heteroatoms. The molecule has 1 amide bonds. The van der Waals surface area contributed by atoms with E-state index in [9.17, 15) is 9.59 Å². The molecule has 0 saturated carbocycles. The van der Waals surface area contributed by atoms with Crippen LogP contribution in [0.5, 0.6) is 5.88 Å². The number of para-hydroxylation sites is 1. The van der Waals surface area contributed by atoms with Gasteiger partial charge in [-0.05, 0) is 28.1 Å². The number of hydrogen-bond acceptors (Lipinski definition) is 4. The molecule has 0 bridgehead atoms. The summed E-state index contributed by atoms with van der Waals surface area (Å²) in [7, 11) is 0. The summed E-state index contributed by atoms with van der Waals surface area (Å²) in [6, 6.07) is 12.3. The zero-order valence-corrected chi connectivity index (χ0v) is 15.4. The van der Waals surface area contributed by atoms with E-state index >= 15 is 0 Å². The molecule has 1 unspecified atom stereocenters. The van der Waals surface area contributed by atoms with E-state index in [2.05, 4.69) is 25.9 Å². The van der Waals surface area contributed by atoms with Crippen LogP contribution in [0.25, 0.3) is 10.9 Å². The maximum Gasteiger partial charge on any atom is 0.254 e. The molecule has 26 heavy (non-hydrogen) atoms. The molecule has 2 aromatic heterocycles. The Morgan fingerprint density at radius 3 is 2.92 bits per heavy atom. The van der Waals surface area contributed by atoms with Crippen molar-refractivity contribution in [1.82, 2.24) is 14.9 Å². The van der Waals surface area contributed by atoms with Crippen molar-refractivity contribution in [3.05, 3.63) is 69.1 Å². The zero-order valence-electron chi connectivity index (χ0n) is 13.8. The number of H-pyrrole nitrogens is 1. The Labute approximate surface area is 157 Å². The maximum absolute atomic E-state index is 13.0. The van der Waals surface area contributed by atoms with E-state index in [4.69, 9.17) is 4.74 Å². The van der Waals surface area contributed by atoms with Gasteiger partial charge >= 0.3 is 0 Å². The second-order valence-electron chi connectivity index (χ2n) is 6.19. The minimum Gasteiger partial charge on any atom is -0.472 e. The van der Waals surface area contributed by atoms with Gasteiger partial charge < -0.3 is 14.6 Å². The molecule has 132 valence electrons. The van der Waals surface area contributed by atoms with Crippen LogP contribution in [0.3, 0.4) is 0 Å². The highest BCUT2D eigenvalue weighted by Gasteiger charge is 2.29. The van der Waals surface area contributed by atoms with Gasteiger partial charge in [-0.25, -0.2) is 4.98 Å². The number of rotatable bonds is 3. The standard InChI is InChI=1S/C19H16BrN3O3/c20-12-5-6-18(21-10-12)26-13-7-8-23(11-13)19(25)15-9-17(24)22-16-4-2-1-3-14(15)16/h1-6,9-10,13H,7-8,11H2,(H,22,24). The monoisotopic (exact) mass is 413 g/mol. The molecule has 3 aromatic rings. The Morgan fingerprint density at radius 2 is 2.12 bits per heavy atom. The lowest BCUT2D eigenvalue weighted by molar-refractivity contribution is 0.0773. The summed E-state index contributed by atoms with van der Waals surface area (Å²) in [5, 5.41) is 0.746. The second-order valence-corrected chi connectivity index (χ2v) is 7.10. The summed E-state index contributed by atoms with van der Waals surface area (Å²) in [4.78, 5) is 33.5. The number of aromatic nitrogens is 2. The fourth-order valence-electron chi connectivity index (χ4n) is 3.16. The van der Waals surface area contributed by atoms with E-state index < -0.39 is 0 Å². The number of aromatic amines is 1. The van der Waals surface area contributed by atoms with Crippen LogP contribution in [-0.4, -0.2) is 40.0 Å². The molecular formula is C19H16BrN3O3. The van der Waals surface area contributed by atoms with E-state index in [1.54, 1.807) is 23.2 Å².